The molecule has 1 aliphatic heterocycles. The molecule has 10 nitrogen and oxygen atoms in total. The van der Waals surface area contributed by atoms with E-state index in [0.29, 0.717) is 0 Å². The first kappa shape index (κ1) is 19.0. The maximum atomic E-state index is 10.6. The fourth-order valence-corrected chi connectivity index (χ4v) is 1.15. The molecule has 2 N–H and O–H groups in total. The molecule has 120 valence electrons. The lowest BCUT2D eigenvalue weighted by molar-refractivity contribution is -0.158. The average molecular weight is 316 g/mol. The summed E-state index contributed by atoms with van der Waals surface area (Å²) in [5.74, 6) is -5.44. The summed E-state index contributed by atoms with van der Waals surface area (Å²) in [5.41, 5.74) is 0. The Morgan fingerprint density at radius 2 is 1.64 bits per heavy atom. The first-order valence-electron chi connectivity index (χ1n) is 5.69. The summed E-state index contributed by atoms with van der Waals surface area (Å²) in [5, 5.41) is 16.0. The van der Waals surface area contributed by atoms with E-state index in [2.05, 4.69) is 9.47 Å². The monoisotopic (exact) mass is 316 g/mol. The van der Waals surface area contributed by atoms with Crippen molar-refractivity contribution in [3.05, 3.63) is 11.8 Å². The SMILES string of the molecule is CC(=O)OC1=CC(=O)OC(=O)C1.O=C(O)CC(=O)CC(=O)O. The van der Waals surface area contributed by atoms with Crippen LogP contribution in [0, 0.1) is 0 Å². The van der Waals surface area contributed by atoms with E-state index in [1.165, 1.54) is 6.92 Å². The van der Waals surface area contributed by atoms with E-state index >= 15 is 0 Å². The molecule has 0 bridgehead atoms. The van der Waals surface area contributed by atoms with Crippen LogP contribution in [0.2, 0.25) is 0 Å². The van der Waals surface area contributed by atoms with Crippen molar-refractivity contribution in [2.24, 2.45) is 0 Å². The molecule has 0 atom stereocenters. The smallest absolute Gasteiger partial charge is 0.341 e. The third kappa shape index (κ3) is 9.83. The number of ether oxygens (including phenoxy) is 2. The largest absolute Gasteiger partial charge is 0.481 e. The van der Waals surface area contributed by atoms with Crippen LogP contribution in [0.4, 0.5) is 0 Å². The Labute approximate surface area is 123 Å². The summed E-state index contributed by atoms with van der Waals surface area (Å²) in [6, 6.07) is 0. The Bertz CT molecular complexity index is 524. The second kappa shape index (κ2) is 9.00. The third-order valence-corrected chi connectivity index (χ3v) is 1.78. The van der Waals surface area contributed by atoms with Gasteiger partial charge in [-0.2, -0.15) is 0 Å². The number of ketones is 1. The minimum atomic E-state index is -1.30. The van der Waals surface area contributed by atoms with Crippen molar-refractivity contribution in [3.8, 4) is 0 Å². The summed E-state index contributed by atoms with van der Waals surface area (Å²) in [6.07, 6.45) is -0.632. The molecule has 0 saturated heterocycles. The highest BCUT2D eigenvalue weighted by Crippen LogP contribution is 2.11. The van der Waals surface area contributed by atoms with Crippen molar-refractivity contribution < 1.29 is 48.5 Å². The minimum absolute atomic E-state index is 0.0313. The van der Waals surface area contributed by atoms with Gasteiger partial charge in [0.1, 0.15) is 25.0 Å². The molecular formula is C12H12O10. The van der Waals surface area contributed by atoms with Gasteiger partial charge in [-0.3, -0.25) is 24.0 Å². The predicted molar refractivity (Wildman–Crippen MR) is 65.1 cm³/mol. The molecule has 0 saturated carbocycles. The van der Waals surface area contributed by atoms with Gasteiger partial charge in [0.2, 0.25) is 0 Å². The van der Waals surface area contributed by atoms with E-state index in [4.69, 9.17) is 10.2 Å². The van der Waals surface area contributed by atoms with Gasteiger partial charge in [-0.1, -0.05) is 0 Å². The zero-order valence-electron chi connectivity index (χ0n) is 11.4. The standard InChI is InChI=1S/C7H6O5.C5H6O5/c1-4(8)11-5-2-6(9)12-7(10)3-5;6-3(1-4(7)8)2-5(9)10/h2H,3H2,1H3;1-2H2,(H,7,8)(H,9,10). The van der Waals surface area contributed by atoms with Gasteiger partial charge in [0.05, 0.1) is 6.08 Å². The molecule has 0 aromatic rings. The minimum Gasteiger partial charge on any atom is -0.481 e. The van der Waals surface area contributed by atoms with E-state index < -0.39 is 48.5 Å². The van der Waals surface area contributed by atoms with Crippen LogP contribution in [0.3, 0.4) is 0 Å². The van der Waals surface area contributed by atoms with Crippen molar-refractivity contribution in [2.75, 3.05) is 0 Å². The van der Waals surface area contributed by atoms with Crippen LogP contribution < -0.4 is 0 Å². The fourth-order valence-electron chi connectivity index (χ4n) is 1.15. The number of carboxylic acid groups (broad SMARTS) is 2. The number of carbonyl (C=O) groups excluding carboxylic acids is 4. The number of hydrogen-bond acceptors (Lipinski definition) is 8. The van der Waals surface area contributed by atoms with Gasteiger partial charge in [0.25, 0.3) is 0 Å². The van der Waals surface area contributed by atoms with Gasteiger partial charge in [0, 0.05) is 6.92 Å². The van der Waals surface area contributed by atoms with Crippen molar-refractivity contribution in [1.82, 2.24) is 0 Å². The molecule has 0 aromatic heterocycles. The highest BCUT2D eigenvalue weighted by Gasteiger charge is 2.20. The van der Waals surface area contributed by atoms with E-state index in [1.54, 1.807) is 0 Å². The lowest BCUT2D eigenvalue weighted by Gasteiger charge is -2.09. The number of carbonyl (C=O) groups is 6. The quantitative estimate of drug-likeness (QED) is 0.495. The van der Waals surface area contributed by atoms with E-state index in [9.17, 15) is 28.8 Å². The van der Waals surface area contributed by atoms with Crippen molar-refractivity contribution in [2.45, 2.75) is 26.2 Å². The van der Waals surface area contributed by atoms with Crippen molar-refractivity contribution >= 4 is 35.6 Å². The summed E-state index contributed by atoms with van der Waals surface area (Å²) in [4.78, 5) is 61.4. The number of Topliss-reactive ketones (excluding diaryl/α,β-unsaturated/α-hetero) is 1. The lowest BCUT2D eigenvalue weighted by Crippen LogP contribution is -2.18. The van der Waals surface area contributed by atoms with Gasteiger partial charge < -0.3 is 19.7 Å². The molecular weight excluding hydrogens is 304 g/mol. The number of esters is 3. The maximum Gasteiger partial charge on any atom is 0.341 e. The van der Waals surface area contributed by atoms with Crippen LogP contribution in [-0.2, 0) is 38.2 Å². The Hall–Kier alpha value is -3.04. The van der Waals surface area contributed by atoms with Gasteiger partial charge in [0.15, 0.2) is 5.78 Å². The summed E-state index contributed by atoms with van der Waals surface area (Å²) < 4.78 is 8.68. The maximum absolute atomic E-state index is 10.6. The van der Waals surface area contributed by atoms with Crippen LogP contribution >= 0.6 is 0 Å². The van der Waals surface area contributed by atoms with Crippen molar-refractivity contribution in [3.63, 3.8) is 0 Å². The second-order valence-corrected chi connectivity index (χ2v) is 3.85. The molecule has 0 spiro atoms. The number of rotatable bonds is 5. The van der Waals surface area contributed by atoms with Crippen LogP contribution in [-0.4, -0.2) is 45.8 Å². The molecule has 0 radical (unpaired) electrons. The molecule has 0 fully saturated rings. The molecule has 0 aromatic carbocycles. The normalized spacial score (nSPS) is 13.0. The number of aliphatic carboxylic acids is 2. The summed E-state index contributed by atoms with van der Waals surface area (Å²) in [6.45, 7) is 1.19. The number of cyclic esters (lactones) is 2. The molecule has 1 rings (SSSR count). The van der Waals surface area contributed by atoms with E-state index in [0.717, 1.165) is 6.08 Å². The van der Waals surface area contributed by atoms with Crippen LogP contribution in [0.1, 0.15) is 26.2 Å². The van der Waals surface area contributed by atoms with Gasteiger partial charge in [-0.25, -0.2) is 4.79 Å². The first-order valence-corrected chi connectivity index (χ1v) is 5.69. The Kier molecular flexibility index (Phi) is 7.76. The molecule has 0 unspecified atom stereocenters. The number of carboxylic acids is 2. The van der Waals surface area contributed by atoms with Crippen LogP contribution in [0.25, 0.3) is 0 Å². The highest BCUT2D eigenvalue weighted by molar-refractivity contribution is 6.02. The van der Waals surface area contributed by atoms with Gasteiger partial charge in [-0.15, -0.1) is 0 Å². The summed E-state index contributed by atoms with van der Waals surface area (Å²) >= 11 is 0. The fraction of sp³-hybridized carbons (Fsp3) is 0.333. The highest BCUT2D eigenvalue weighted by atomic mass is 16.6. The third-order valence-electron chi connectivity index (χ3n) is 1.78. The molecule has 0 aliphatic carbocycles. The average Bonchev–Trinajstić information content (AvgIpc) is 2.23. The molecule has 1 aliphatic rings. The Morgan fingerprint density at radius 3 is 2.00 bits per heavy atom. The predicted octanol–water partition coefficient (Wildman–Crippen LogP) is -0.588. The molecule has 10 heteroatoms. The lowest BCUT2D eigenvalue weighted by atomic mass is 10.2. The topological polar surface area (TPSA) is 161 Å². The Morgan fingerprint density at radius 1 is 1.14 bits per heavy atom. The van der Waals surface area contributed by atoms with Crippen LogP contribution in [0.5, 0.6) is 0 Å². The van der Waals surface area contributed by atoms with Crippen LogP contribution in [0.15, 0.2) is 11.8 Å². The van der Waals surface area contributed by atoms with Gasteiger partial charge >= 0.3 is 29.8 Å². The number of hydrogen-bond donors (Lipinski definition) is 2. The molecule has 1 heterocycles. The van der Waals surface area contributed by atoms with E-state index in [-0.39, 0.29) is 12.2 Å². The molecule has 0 amide bonds. The first-order chi connectivity index (χ1) is 10.1. The van der Waals surface area contributed by atoms with Gasteiger partial charge in [-0.05, 0) is 0 Å². The second-order valence-electron chi connectivity index (χ2n) is 3.85. The van der Waals surface area contributed by atoms with Crippen molar-refractivity contribution in [1.29, 1.82) is 0 Å². The van der Waals surface area contributed by atoms with E-state index in [1.807, 2.05) is 0 Å². The summed E-state index contributed by atoms with van der Waals surface area (Å²) in [7, 11) is 0. The zero-order valence-corrected chi connectivity index (χ0v) is 11.4. The Balaban J connectivity index is 0.000000409. The molecule has 22 heavy (non-hydrogen) atoms. The zero-order chi connectivity index (χ0) is 17.3.